The number of hydrogen-bond donors (Lipinski definition) is 1. The van der Waals surface area contributed by atoms with Gasteiger partial charge in [-0.2, -0.15) is 0 Å². The van der Waals surface area contributed by atoms with Gasteiger partial charge in [0.15, 0.2) is 5.43 Å². The average Bonchev–Trinajstić information content (AvgIpc) is 2.56. The summed E-state index contributed by atoms with van der Waals surface area (Å²) >= 11 is 5.96. The van der Waals surface area contributed by atoms with Crippen molar-refractivity contribution in [1.82, 2.24) is 4.98 Å². The van der Waals surface area contributed by atoms with Gasteiger partial charge in [-0.05, 0) is 42.2 Å². The molecule has 0 aliphatic rings. The molecule has 3 rings (SSSR count). The second kappa shape index (κ2) is 7.01. The lowest BCUT2D eigenvalue weighted by Gasteiger charge is -2.07. The molecule has 0 radical (unpaired) electrons. The van der Waals surface area contributed by atoms with E-state index in [1.54, 1.807) is 18.2 Å². The van der Waals surface area contributed by atoms with Gasteiger partial charge in [0.25, 0.3) is 0 Å². The van der Waals surface area contributed by atoms with Crippen molar-refractivity contribution in [2.24, 2.45) is 0 Å². The van der Waals surface area contributed by atoms with Gasteiger partial charge in [-0.1, -0.05) is 55.6 Å². The molecule has 2 aromatic carbocycles. The van der Waals surface area contributed by atoms with Crippen molar-refractivity contribution >= 4 is 22.5 Å². The lowest BCUT2D eigenvalue weighted by molar-refractivity contribution is 0.717. The van der Waals surface area contributed by atoms with E-state index in [1.807, 2.05) is 6.07 Å². The molecule has 0 spiro atoms. The Balaban J connectivity index is 1.91. The van der Waals surface area contributed by atoms with E-state index in [0.717, 1.165) is 23.2 Å². The molecule has 0 unspecified atom stereocenters. The van der Waals surface area contributed by atoms with Crippen LogP contribution in [-0.2, 0) is 6.42 Å². The number of aryl methyl sites for hydroxylation is 1. The Morgan fingerprint density at radius 2 is 1.78 bits per heavy atom. The summed E-state index contributed by atoms with van der Waals surface area (Å²) in [4.78, 5) is 15.6. The van der Waals surface area contributed by atoms with E-state index in [-0.39, 0.29) is 5.43 Å². The highest BCUT2D eigenvalue weighted by Crippen LogP contribution is 2.21. The van der Waals surface area contributed by atoms with E-state index in [4.69, 9.17) is 11.6 Å². The van der Waals surface area contributed by atoms with E-state index >= 15 is 0 Å². The lowest BCUT2D eigenvalue weighted by atomic mass is 10.0. The fourth-order valence-corrected chi connectivity index (χ4v) is 2.98. The summed E-state index contributed by atoms with van der Waals surface area (Å²) in [6.07, 6.45) is 4.84. The molecule has 0 aliphatic heterocycles. The summed E-state index contributed by atoms with van der Waals surface area (Å²) in [5.74, 6) is 0. The number of pyridine rings is 1. The standard InChI is InChI=1S/C20H20ClNO/c1-2-3-4-5-14-6-8-15(9-7-14)19-13-20(23)17-12-16(21)10-11-18(17)22-19/h6-13H,2-5H2,1H3,(H,22,23). The number of rotatable bonds is 5. The number of halogens is 1. The quantitative estimate of drug-likeness (QED) is 0.610. The van der Waals surface area contributed by atoms with Crippen molar-refractivity contribution in [3.05, 3.63) is 69.3 Å². The average molecular weight is 326 g/mol. The van der Waals surface area contributed by atoms with E-state index in [2.05, 4.69) is 36.2 Å². The Morgan fingerprint density at radius 3 is 2.52 bits per heavy atom. The minimum Gasteiger partial charge on any atom is -0.354 e. The molecule has 118 valence electrons. The number of benzene rings is 2. The van der Waals surface area contributed by atoms with Crippen molar-refractivity contribution in [2.45, 2.75) is 32.6 Å². The molecule has 2 nitrogen and oxygen atoms in total. The van der Waals surface area contributed by atoms with Gasteiger partial charge >= 0.3 is 0 Å². The van der Waals surface area contributed by atoms with Gasteiger partial charge in [0.1, 0.15) is 0 Å². The number of H-pyrrole nitrogens is 1. The first-order chi connectivity index (χ1) is 11.2. The highest BCUT2D eigenvalue weighted by Gasteiger charge is 2.05. The van der Waals surface area contributed by atoms with Crippen LogP contribution in [0.2, 0.25) is 5.02 Å². The van der Waals surface area contributed by atoms with Crippen LogP contribution in [0, 0.1) is 0 Å². The maximum atomic E-state index is 12.3. The Bertz CT molecular complexity index is 865. The molecule has 0 fully saturated rings. The minimum absolute atomic E-state index is 0.0109. The first-order valence-electron chi connectivity index (χ1n) is 8.09. The molecule has 0 atom stereocenters. The first-order valence-corrected chi connectivity index (χ1v) is 8.47. The summed E-state index contributed by atoms with van der Waals surface area (Å²) in [5, 5.41) is 1.20. The van der Waals surface area contributed by atoms with Crippen LogP contribution in [0.15, 0.2) is 53.3 Å². The lowest BCUT2D eigenvalue weighted by Crippen LogP contribution is -2.02. The monoisotopic (exact) mass is 325 g/mol. The van der Waals surface area contributed by atoms with Crippen molar-refractivity contribution < 1.29 is 0 Å². The fourth-order valence-electron chi connectivity index (χ4n) is 2.80. The zero-order valence-corrected chi connectivity index (χ0v) is 14.0. The molecule has 3 aromatic rings. The van der Waals surface area contributed by atoms with Gasteiger partial charge in [0.2, 0.25) is 0 Å². The first kappa shape index (κ1) is 15.8. The van der Waals surface area contributed by atoms with Crippen molar-refractivity contribution in [3.8, 4) is 11.3 Å². The Kier molecular flexibility index (Phi) is 4.82. The number of aromatic amines is 1. The second-order valence-corrected chi connectivity index (χ2v) is 6.33. The van der Waals surface area contributed by atoms with Gasteiger partial charge < -0.3 is 4.98 Å². The molecule has 0 saturated carbocycles. The van der Waals surface area contributed by atoms with Crippen LogP contribution in [0.4, 0.5) is 0 Å². The van der Waals surface area contributed by atoms with Crippen molar-refractivity contribution in [3.63, 3.8) is 0 Å². The molecule has 0 saturated heterocycles. The van der Waals surface area contributed by atoms with Gasteiger partial charge in [-0.3, -0.25) is 4.79 Å². The topological polar surface area (TPSA) is 32.9 Å². The molecular formula is C20H20ClNO. The maximum absolute atomic E-state index is 12.3. The van der Waals surface area contributed by atoms with Crippen molar-refractivity contribution in [1.29, 1.82) is 0 Å². The number of unbranched alkanes of at least 4 members (excludes halogenated alkanes) is 2. The van der Waals surface area contributed by atoms with Crippen LogP contribution in [0.3, 0.4) is 0 Å². The molecule has 0 aliphatic carbocycles. The normalized spacial score (nSPS) is 11.0. The van der Waals surface area contributed by atoms with Crippen LogP contribution in [-0.4, -0.2) is 4.98 Å². The number of fused-ring (bicyclic) bond motifs is 1. The minimum atomic E-state index is -0.0109. The van der Waals surface area contributed by atoms with E-state index in [0.29, 0.717) is 10.4 Å². The van der Waals surface area contributed by atoms with Crippen LogP contribution >= 0.6 is 11.6 Å². The van der Waals surface area contributed by atoms with Gasteiger partial charge in [0, 0.05) is 27.7 Å². The molecule has 23 heavy (non-hydrogen) atoms. The summed E-state index contributed by atoms with van der Waals surface area (Å²) < 4.78 is 0. The smallest absolute Gasteiger partial charge is 0.190 e. The summed E-state index contributed by atoms with van der Waals surface area (Å²) in [7, 11) is 0. The Hall–Kier alpha value is -2.06. The maximum Gasteiger partial charge on any atom is 0.190 e. The zero-order chi connectivity index (χ0) is 16.2. The number of hydrogen-bond acceptors (Lipinski definition) is 1. The summed E-state index contributed by atoms with van der Waals surface area (Å²) in [6, 6.07) is 15.4. The molecule has 1 N–H and O–H groups in total. The third kappa shape index (κ3) is 3.65. The fraction of sp³-hybridized carbons (Fsp3) is 0.250. The second-order valence-electron chi connectivity index (χ2n) is 5.89. The Labute approximate surface area is 141 Å². The largest absolute Gasteiger partial charge is 0.354 e. The third-order valence-corrected chi connectivity index (χ3v) is 4.36. The third-order valence-electron chi connectivity index (χ3n) is 4.13. The molecule has 0 amide bonds. The molecule has 3 heteroatoms. The van der Waals surface area contributed by atoms with Gasteiger partial charge in [-0.15, -0.1) is 0 Å². The van der Waals surface area contributed by atoms with Crippen molar-refractivity contribution in [2.75, 3.05) is 0 Å². The number of nitrogens with one attached hydrogen (secondary N) is 1. The molecular weight excluding hydrogens is 306 g/mol. The van der Waals surface area contributed by atoms with E-state index in [1.165, 1.54) is 24.8 Å². The van der Waals surface area contributed by atoms with Gasteiger partial charge in [0.05, 0.1) is 0 Å². The zero-order valence-electron chi connectivity index (χ0n) is 13.2. The van der Waals surface area contributed by atoms with Crippen LogP contribution in [0.25, 0.3) is 22.2 Å². The Morgan fingerprint density at radius 1 is 1.00 bits per heavy atom. The van der Waals surface area contributed by atoms with Crippen LogP contribution in [0.1, 0.15) is 31.7 Å². The SMILES string of the molecule is CCCCCc1ccc(-c2cc(=O)c3cc(Cl)ccc3[nH]2)cc1. The van der Waals surface area contributed by atoms with E-state index < -0.39 is 0 Å². The molecule has 0 bridgehead atoms. The molecule has 1 aromatic heterocycles. The van der Waals surface area contributed by atoms with Crippen LogP contribution in [0.5, 0.6) is 0 Å². The highest BCUT2D eigenvalue weighted by molar-refractivity contribution is 6.31. The summed E-state index contributed by atoms with van der Waals surface area (Å²) in [6.45, 7) is 2.21. The van der Waals surface area contributed by atoms with E-state index in [9.17, 15) is 4.79 Å². The van der Waals surface area contributed by atoms with Gasteiger partial charge in [-0.25, -0.2) is 0 Å². The predicted molar refractivity (Wildman–Crippen MR) is 98.2 cm³/mol. The highest BCUT2D eigenvalue weighted by atomic mass is 35.5. The molecule has 1 heterocycles. The predicted octanol–water partition coefficient (Wildman–Crippen LogP) is 5.58. The summed E-state index contributed by atoms with van der Waals surface area (Å²) in [5.41, 5.74) is 4.01. The van der Waals surface area contributed by atoms with Crippen LogP contribution < -0.4 is 5.43 Å². The number of aromatic nitrogens is 1.